The Morgan fingerprint density at radius 1 is 1.03 bits per heavy atom. The highest BCUT2D eigenvalue weighted by molar-refractivity contribution is 5.92. The number of urea groups is 1. The van der Waals surface area contributed by atoms with Crippen LogP contribution in [-0.2, 0) is 12.7 Å². The van der Waals surface area contributed by atoms with E-state index in [1.54, 1.807) is 29.2 Å². The lowest BCUT2D eigenvalue weighted by Crippen LogP contribution is -2.58. The second kappa shape index (κ2) is 9.46. The Morgan fingerprint density at radius 2 is 1.65 bits per heavy atom. The molecule has 3 aromatic rings. The molecule has 1 aromatic heterocycles. The number of benzene rings is 2. The van der Waals surface area contributed by atoms with Crippen molar-refractivity contribution in [3.05, 3.63) is 66.1 Å². The van der Waals surface area contributed by atoms with Crippen LogP contribution >= 0.6 is 0 Å². The molecule has 0 radical (unpaired) electrons. The first kappa shape index (κ1) is 23.7. The summed E-state index contributed by atoms with van der Waals surface area (Å²) in [5.74, 6) is -1.60. The Hall–Kier alpha value is -3.40. The second-order valence-electron chi connectivity index (χ2n) is 8.58. The van der Waals surface area contributed by atoms with Crippen LogP contribution in [0.3, 0.4) is 0 Å². The van der Waals surface area contributed by atoms with Gasteiger partial charge in [0.2, 0.25) is 5.89 Å². The highest BCUT2D eigenvalue weighted by Gasteiger charge is 2.38. The fraction of sp³-hybridized carbons (Fsp3) is 0.375. The zero-order valence-electron chi connectivity index (χ0n) is 19.2. The van der Waals surface area contributed by atoms with Gasteiger partial charge in [-0.3, -0.25) is 9.80 Å². The Morgan fingerprint density at radius 3 is 2.21 bits per heavy atom. The number of aromatic nitrogens is 2. The van der Waals surface area contributed by atoms with Gasteiger partial charge in [0.25, 0.3) is 0 Å². The summed E-state index contributed by atoms with van der Waals surface area (Å²) in [5, 5.41) is 6.55. The van der Waals surface area contributed by atoms with Gasteiger partial charge in [-0.05, 0) is 50.7 Å². The fourth-order valence-corrected chi connectivity index (χ4v) is 4.00. The predicted octanol–water partition coefficient (Wildman–Crippen LogP) is 4.91. The number of piperazine rings is 1. The van der Waals surface area contributed by atoms with E-state index in [0.29, 0.717) is 25.2 Å². The molecule has 0 bridgehead atoms. The number of hydrogen-bond acceptors (Lipinski definition) is 5. The maximum atomic E-state index is 13.6. The number of carbonyl (C=O) groups excluding carboxylic acids is 1. The molecule has 0 saturated carbocycles. The minimum absolute atomic E-state index is 0.0891. The van der Waals surface area contributed by atoms with Crippen molar-refractivity contribution < 1.29 is 22.4 Å². The summed E-state index contributed by atoms with van der Waals surface area (Å²) < 4.78 is 43.0. The number of alkyl halides is 3. The topological polar surface area (TPSA) is 65.7 Å². The number of carbonyl (C=O) groups is 1. The zero-order chi connectivity index (χ0) is 24.5. The summed E-state index contributed by atoms with van der Waals surface area (Å²) in [6, 6.07) is 16.5. The predicted molar refractivity (Wildman–Crippen MR) is 121 cm³/mol. The number of anilines is 1. The van der Waals surface area contributed by atoms with Crippen molar-refractivity contribution in [2.24, 2.45) is 0 Å². The number of amides is 2. The fourth-order valence-electron chi connectivity index (χ4n) is 4.00. The SMILES string of the molecule is CC1CN(C(=O)N(Cc2ccc(-c3nnc(C(F)(F)F)o3)cc2)c2ccccc2)CC(C)N1C. The van der Waals surface area contributed by atoms with Crippen LogP contribution in [0.15, 0.2) is 59.0 Å². The molecule has 2 amide bonds. The van der Waals surface area contributed by atoms with Crippen molar-refractivity contribution in [3.8, 4) is 11.5 Å². The quantitative estimate of drug-likeness (QED) is 0.539. The van der Waals surface area contributed by atoms with Crippen molar-refractivity contribution in [3.63, 3.8) is 0 Å². The Balaban J connectivity index is 1.55. The van der Waals surface area contributed by atoms with Gasteiger partial charge < -0.3 is 9.32 Å². The molecule has 2 unspecified atom stereocenters. The van der Waals surface area contributed by atoms with E-state index in [-0.39, 0.29) is 24.0 Å². The number of likely N-dealkylation sites (N-methyl/N-ethyl adjacent to an activating group) is 1. The van der Waals surface area contributed by atoms with Crippen LogP contribution in [0.1, 0.15) is 25.3 Å². The molecule has 1 aliphatic heterocycles. The molecule has 0 N–H and O–H groups in total. The van der Waals surface area contributed by atoms with Crippen molar-refractivity contribution in [1.82, 2.24) is 20.0 Å². The molecule has 1 aliphatic rings. The molecule has 2 aromatic carbocycles. The summed E-state index contributed by atoms with van der Waals surface area (Å²) in [7, 11) is 2.06. The maximum Gasteiger partial charge on any atom is 0.470 e. The van der Waals surface area contributed by atoms with E-state index in [1.165, 1.54) is 0 Å². The first-order chi connectivity index (χ1) is 16.1. The van der Waals surface area contributed by atoms with Gasteiger partial charge in [-0.25, -0.2) is 4.79 Å². The Kier molecular flexibility index (Phi) is 6.60. The lowest BCUT2D eigenvalue weighted by atomic mass is 10.1. The van der Waals surface area contributed by atoms with E-state index >= 15 is 0 Å². The zero-order valence-corrected chi connectivity index (χ0v) is 19.2. The van der Waals surface area contributed by atoms with Crippen molar-refractivity contribution in [2.75, 3.05) is 25.0 Å². The van der Waals surface area contributed by atoms with Crippen molar-refractivity contribution >= 4 is 11.7 Å². The lowest BCUT2D eigenvalue weighted by Gasteiger charge is -2.43. The van der Waals surface area contributed by atoms with Crippen molar-refractivity contribution in [2.45, 2.75) is 38.7 Å². The van der Waals surface area contributed by atoms with Gasteiger partial charge in [0.1, 0.15) is 0 Å². The molecule has 2 atom stereocenters. The third-order valence-corrected chi connectivity index (χ3v) is 6.14. The van der Waals surface area contributed by atoms with Gasteiger partial charge in [-0.15, -0.1) is 10.2 Å². The van der Waals surface area contributed by atoms with Gasteiger partial charge in [-0.2, -0.15) is 13.2 Å². The number of nitrogens with zero attached hydrogens (tertiary/aromatic N) is 5. The average Bonchev–Trinajstić information content (AvgIpc) is 3.32. The molecule has 1 saturated heterocycles. The molecule has 7 nitrogen and oxygen atoms in total. The van der Waals surface area contributed by atoms with E-state index in [2.05, 4.69) is 36.0 Å². The molecule has 0 spiro atoms. The van der Waals surface area contributed by atoms with Crippen LogP contribution in [-0.4, -0.2) is 58.2 Å². The molecule has 0 aliphatic carbocycles. The lowest BCUT2D eigenvalue weighted by molar-refractivity contribution is -0.156. The molecular weight excluding hydrogens is 447 g/mol. The standard InChI is InChI=1S/C24H26F3N5O2/c1-16-13-31(14-17(2)30(16)3)23(33)32(20-7-5-4-6-8-20)15-18-9-11-19(12-10-18)21-28-29-22(34-21)24(25,26)27/h4-12,16-17H,13-15H2,1-3H3. The van der Waals surface area contributed by atoms with E-state index < -0.39 is 12.1 Å². The van der Waals surface area contributed by atoms with Gasteiger partial charge in [0, 0.05) is 36.4 Å². The van der Waals surface area contributed by atoms with Gasteiger partial charge in [0.05, 0.1) is 6.54 Å². The summed E-state index contributed by atoms with van der Waals surface area (Å²) in [6.07, 6.45) is -4.69. The summed E-state index contributed by atoms with van der Waals surface area (Å²) in [5.41, 5.74) is 1.94. The van der Waals surface area contributed by atoms with Crippen LogP contribution in [0.5, 0.6) is 0 Å². The summed E-state index contributed by atoms with van der Waals surface area (Å²) in [6.45, 7) is 5.75. The average molecular weight is 473 g/mol. The highest BCUT2D eigenvalue weighted by Crippen LogP contribution is 2.30. The van der Waals surface area contributed by atoms with Crippen LogP contribution in [0.25, 0.3) is 11.5 Å². The highest BCUT2D eigenvalue weighted by atomic mass is 19.4. The number of halogens is 3. The molecular formula is C24H26F3N5O2. The molecule has 180 valence electrons. The largest absolute Gasteiger partial charge is 0.470 e. The van der Waals surface area contributed by atoms with E-state index in [9.17, 15) is 18.0 Å². The summed E-state index contributed by atoms with van der Waals surface area (Å²) in [4.78, 5) is 19.4. The molecule has 34 heavy (non-hydrogen) atoms. The monoisotopic (exact) mass is 473 g/mol. The third-order valence-electron chi connectivity index (χ3n) is 6.14. The molecule has 2 heterocycles. The number of hydrogen-bond donors (Lipinski definition) is 0. The van der Waals surface area contributed by atoms with Gasteiger partial charge in [0.15, 0.2) is 0 Å². The second-order valence-corrected chi connectivity index (χ2v) is 8.58. The van der Waals surface area contributed by atoms with Crippen LogP contribution < -0.4 is 4.90 Å². The first-order valence-corrected chi connectivity index (χ1v) is 11.0. The molecule has 1 fully saturated rings. The van der Waals surface area contributed by atoms with Gasteiger partial charge >= 0.3 is 18.1 Å². The molecule has 10 heteroatoms. The smallest absolute Gasteiger partial charge is 0.413 e. The minimum atomic E-state index is -4.69. The van der Waals surface area contributed by atoms with E-state index in [1.807, 2.05) is 35.2 Å². The number of rotatable bonds is 4. The third kappa shape index (κ3) is 5.06. The van der Waals surface area contributed by atoms with Crippen molar-refractivity contribution in [1.29, 1.82) is 0 Å². The number of para-hydroxylation sites is 1. The first-order valence-electron chi connectivity index (χ1n) is 11.0. The minimum Gasteiger partial charge on any atom is -0.413 e. The van der Waals surface area contributed by atoms with E-state index in [4.69, 9.17) is 4.42 Å². The normalized spacial score (nSPS) is 19.3. The summed E-state index contributed by atoms with van der Waals surface area (Å²) >= 11 is 0. The van der Waals surface area contributed by atoms with Gasteiger partial charge in [-0.1, -0.05) is 30.3 Å². The van der Waals surface area contributed by atoms with Crippen LogP contribution in [0.2, 0.25) is 0 Å². The Labute approximate surface area is 195 Å². The molecule has 4 rings (SSSR count). The Bertz CT molecular complexity index is 1110. The van der Waals surface area contributed by atoms with Crippen LogP contribution in [0, 0.1) is 0 Å². The van der Waals surface area contributed by atoms with E-state index in [0.717, 1.165) is 11.3 Å². The van der Waals surface area contributed by atoms with Crippen LogP contribution in [0.4, 0.5) is 23.7 Å². The maximum absolute atomic E-state index is 13.6.